The van der Waals surface area contributed by atoms with Crippen LogP contribution in [-0.2, 0) is 12.8 Å². The molecular formula is C16H16BrN3O2S. The zero-order valence-corrected chi connectivity index (χ0v) is 15.0. The fraction of sp³-hybridized carbons (Fsp3) is 0.312. The number of rotatable bonds is 2. The number of halogens is 1. The molecule has 2 aromatic rings. The van der Waals surface area contributed by atoms with Crippen LogP contribution in [0.4, 0.5) is 0 Å². The fourth-order valence-corrected chi connectivity index (χ4v) is 4.07. The third kappa shape index (κ3) is 3.79. The first-order valence-electron chi connectivity index (χ1n) is 7.35. The number of nitrogens with zero attached hydrogens (tertiary/aromatic N) is 1. The van der Waals surface area contributed by atoms with Crippen molar-refractivity contribution in [3.8, 4) is 0 Å². The van der Waals surface area contributed by atoms with Crippen molar-refractivity contribution in [3.05, 3.63) is 49.9 Å². The third-order valence-electron chi connectivity index (χ3n) is 3.81. The van der Waals surface area contributed by atoms with E-state index in [0.717, 1.165) is 12.8 Å². The molecule has 120 valence electrons. The molecule has 0 spiro atoms. The summed E-state index contributed by atoms with van der Waals surface area (Å²) in [6, 6.07) is 3.58. The van der Waals surface area contributed by atoms with Crippen LogP contribution in [0.3, 0.4) is 0 Å². The number of hydrogen-bond acceptors (Lipinski definition) is 4. The second-order valence-electron chi connectivity index (χ2n) is 5.71. The summed E-state index contributed by atoms with van der Waals surface area (Å²) in [6.07, 6.45) is 6.25. The highest BCUT2D eigenvalue weighted by Crippen LogP contribution is 2.32. The predicted octanol–water partition coefficient (Wildman–Crippen LogP) is 3.11. The molecule has 0 aliphatic heterocycles. The van der Waals surface area contributed by atoms with Gasteiger partial charge in [-0.1, -0.05) is 6.92 Å². The van der Waals surface area contributed by atoms with E-state index in [9.17, 15) is 9.59 Å². The van der Waals surface area contributed by atoms with E-state index in [-0.39, 0.29) is 5.91 Å². The topological polar surface area (TPSA) is 71.1 Å². The maximum Gasteiger partial charge on any atom is 0.279 e. The van der Waals surface area contributed by atoms with E-state index in [4.69, 9.17) is 0 Å². The van der Waals surface area contributed by atoms with Crippen molar-refractivity contribution in [2.24, 2.45) is 5.92 Å². The van der Waals surface area contributed by atoms with Crippen LogP contribution in [-0.4, -0.2) is 16.8 Å². The maximum atomic E-state index is 12.2. The number of carbonyl (C=O) groups excluding carboxylic acids is 2. The van der Waals surface area contributed by atoms with Gasteiger partial charge in [-0.25, -0.2) is 0 Å². The lowest BCUT2D eigenvalue weighted by Gasteiger charge is -2.16. The van der Waals surface area contributed by atoms with E-state index in [1.165, 1.54) is 34.4 Å². The Hall–Kier alpha value is -1.73. The van der Waals surface area contributed by atoms with Crippen molar-refractivity contribution in [2.75, 3.05) is 0 Å². The SMILES string of the molecule is CC1CCc2sc(C(=O)NNC(=O)c3cncc(Br)c3)cc2C1. The Morgan fingerprint density at radius 3 is 2.83 bits per heavy atom. The molecule has 1 unspecified atom stereocenters. The van der Waals surface area contributed by atoms with Gasteiger partial charge in [-0.05, 0) is 58.8 Å². The summed E-state index contributed by atoms with van der Waals surface area (Å²) in [4.78, 5) is 30.0. The monoisotopic (exact) mass is 393 g/mol. The lowest BCUT2D eigenvalue weighted by molar-refractivity contribution is 0.0848. The number of carbonyl (C=O) groups is 2. The highest BCUT2D eigenvalue weighted by molar-refractivity contribution is 9.10. The van der Waals surface area contributed by atoms with Gasteiger partial charge < -0.3 is 0 Å². The molecule has 0 saturated carbocycles. The van der Waals surface area contributed by atoms with Crippen molar-refractivity contribution in [1.82, 2.24) is 15.8 Å². The zero-order chi connectivity index (χ0) is 16.4. The van der Waals surface area contributed by atoms with Gasteiger partial charge in [-0.3, -0.25) is 25.4 Å². The first kappa shape index (κ1) is 16.1. The number of nitrogens with one attached hydrogen (secondary N) is 2. The van der Waals surface area contributed by atoms with Crippen molar-refractivity contribution in [1.29, 1.82) is 0 Å². The number of aromatic nitrogens is 1. The van der Waals surface area contributed by atoms with E-state index < -0.39 is 5.91 Å². The molecule has 2 N–H and O–H groups in total. The van der Waals surface area contributed by atoms with Crippen LogP contribution in [0.25, 0.3) is 0 Å². The van der Waals surface area contributed by atoms with Gasteiger partial charge in [0.2, 0.25) is 0 Å². The molecular weight excluding hydrogens is 378 g/mol. The smallest absolute Gasteiger partial charge is 0.267 e. The zero-order valence-electron chi connectivity index (χ0n) is 12.6. The van der Waals surface area contributed by atoms with Gasteiger partial charge in [0.25, 0.3) is 11.8 Å². The van der Waals surface area contributed by atoms with Gasteiger partial charge in [-0.15, -0.1) is 11.3 Å². The van der Waals surface area contributed by atoms with Crippen LogP contribution in [0.5, 0.6) is 0 Å². The Morgan fingerprint density at radius 1 is 1.26 bits per heavy atom. The van der Waals surface area contributed by atoms with Crippen molar-refractivity contribution in [2.45, 2.75) is 26.2 Å². The summed E-state index contributed by atoms with van der Waals surface area (Å²) < 4.78 is 0.705. The number of hydrogen-bond donors (Lipinski definition) is 2. The van der Waals surface area contributed by atoms with Gasteiger partial charge in [0.15, 0.2) is 0 Å². The first-order valence-corrected chi connectivity index (χ1v) is 8.96. The number of amides is 2. The Labute approximate surface area is 146 Å². The molecule has 7 heteroatoms. The molecule has 23 heavy (non-hydrogen) atoms. The molecule has 2 amide bonds. The fourth-order valence-electron chi connectivity index (χ4n) is 2.60. The summed E-state index contributed by atoms with van der Waals surface area (Å²) >= 11 is 4.77. The molecule has 1 aliphatic rings. The number of aryl methyl sites for hydroxylation is 1. The molecule has 1 aliphatic carbocycles. The van der Waals surface area contributed by atoms with Crippen LogP contribution >= 0.6 is 27.3 Å². The number of pyridine rings is 1. The molecule has 1 atom stereocenters. The van der Waals surface area contributed by atoms with Crippen LogP contribution in [0, 0.1) is 5.92 Å². The van der Waals surface area contributed by atoms with E-state index in [0.29, 0.717) is 20.8 Å². The quantitative estimate of drug-likeness (QED) is 0.769. The minimum atomic E-state index is -0.401. The van der Waals surface area contributed by atoms with E-state index in [1.54, 1.807) is 12.3 Å². The van der Waals surface area contributed by atoms with Gasteiger partial charge >= 0.3 is 0 Å². The average molecular weight is 394 g/mol. The predicted molar refractivity (Wildman–Crippen MR) is 92.4 cm³/mol. The number of hydrazine groups is 1. The molecule has 2 aromatic heterocycles. The largest absolute Gasteiger partial charge is 0.279 e. The summed E-state index contributed by atoms with van der Waals surface area (Å²) in [5.74, 6) is -0.0211. The molecule has 3 rings (SSSR count). The summed E-state index contributed by atoms with van der Waals surface area (Å²) in [5.41, 5.74) is 6.53. The lowest BCUT2D eigenvalue weighted by atomic mass is 9.90. The second-order valence-corrected chi connectivity index (χ2v) is 7.76. The van der Waals surface area contributed by atoms with Crippen LogP contribution in [0.15, 0.2) is 29.0 Å². The molecule has 2 heterocycles. The molecule has 0 radical (unpaired) electrons. The Kier molecular flexibility index (Phi) is 4.77. The molecule has 0 bridgehead atoms. The van der Waals surface area contributed by atoms with Gasteiger partial charge in [0, 0.05) is 21.7 Å². The minimum absolute atomic E-state index is 0.284. The van der Waals surface area contributed by atoms with Crippen LogP contribution in [0.2, 0.25) is 0 Å². The Balaban J connectivity index is 1.62. The van der Waals surface area contributed by atoms with Gasteiger partial charge in [0.1, 0.15) is 0 Å². The third-order valence-corrected chi connectivity index (χ3v) is 5.48. The average Bonchev–Trinajstić information content (AvgIpc) is 2.95. The first-order chi connectivity index (χ1) is 11.0. The summed E-state index contributed by atoms with van der Waals surface area (Å²) in [6.45, 7) is 2.23. The highest BCUT2D eigenvalue weighted by atomic mass is 79.9. The molecule has 0 aromatic carbocycles. The van der Waals surface area contributed by atoms with Crippen molar-refractivity contribution >= 4 is 39.1 Å². The van der Waals surface area contributed by atoms with Crippen LogP contribution < -0.4 is 10.9 Å². The van der Waals surface area contributed by atoms with E-state index >= 15 is 0 Å². The Bertz CT molecular complexity index is 760. The number of thiophene rings is 1. The van der Waals surface area contributed by atoms with E-state index in [1.807, 2.05) is 6.07 Å². The van der Waals surface area contributed by atoms with Gasteiger partial charge in [-0.2, -0.15) is 0 Å². The standard InChI is InChI=1S/C16H16BrN3O2S/c1-9-2-3-13-10(4-9)6-14(23-13)16(22)20-19-15(21)11-5-12(17)8-18-7-11/h5-9H,2-4H2,1H3,(H,19,21)(H,20,22). The maximum absolute atomic E-state index is 12.2. The highest BCUT2D eigenvalue weighted by Gasteiger charge is 2.21. The minimum Gasteiger partial charge on any atom is -0.267 e. The Morgan fingerprint density at radius 2 is 2.04 bits per heavy atom. The number of fused-ring (bicyclic) bond motifs is 1. The molecule has 5 nitrogen and oxygen atoms in total. The van der Waals surface area contributed by atoms with Crippen molar-refractivity contribution < 1.29 is 9.59 Å². The normalized spacial score (nSPS) is 16.5. The van der Waals surface area contributed by atoms with E-state index in [2.05, 4.69) is 38.7 Å². The van der Waals surface area contributed by atoms with Crippen molar-refractivity contribution in [3.63, 3.8) is 0 Å². The van der Waals surface area contributed by atoms with Gasteiger partial charge in [0.05, 0.1) is 10.4 Å². The van der Waals surface area contributed by atoms with Crippen LogP contribution in [0.1, 0.15) is 43.8 Å². The summed E-state index contributed by atoms with van der Waals surface area (Å²) in [7, 11) is 0. The molecule has 0 fully saturated rings. The second kappa shape index (κ2) is 6.80. The lowest BCUT2D eigenvalue weighted by Crippen LogP contribution is -2.41. The summed E-state index contributed by atoms with van der Waals surface area (Å²) in [5, 5.41) is 0. The molecule has 0 saturated heterocycles.